The molecule has 2 rings (SSSR count). The van der Waals surface area contributed by atoms with E-state index in [0.717, 1.165) is 16.0 Å². The highest BCUT2D eigenvalue weighted by Crippen LogP contribution is 2.33. The van der Waals surface area contributed by atoms with E-state index in [1.165, 1.54) is 7.11 Å². The average Bonchev–Trinajstić information content (AvgIpc) is 2.56. The molecule has 1 aromatic heterocycles. The van der Waals surface area contributed by atoms with Gasteiger partial charge in [0.05, 0.1) is 18.9 Å². The topological polar surface area (TPSA) is 31.4 Å². The fourth-order valence-corrected chi connectivity index (χ4v) is 1.96. The zero-order valence-corrected chi connectivity index (χ0v) is 8.52. The van der Waals surface area contributed by atoms with E-state index < -0.39 is 5.26 Å². The van der Waals surface area contributed by atoms with Crippen LogP contribution in [0.2, 0.25) is 0 Å². The minimum atomic E-state index is -0.466. The van der Waals surface area contributed by atoms with Crippen LogP contribution in [-0.4, -0.2) is 19.2 Å². The number of methoxy groups -OCH3 is 2. The second-order valence-corrected chi connectivity index (χ2v) is 3.62. The molecule has 0 bridgehead atoms. The highest BCUT2D eigenvalue weighted by molar-refractivity contribution is 7.17. The van der Waals surface area contributed by atoms with Crippen molar-refractivity contribution in [1.29, 1.82) is 0 Å². The van der Waals surface area contributed by atoms with Crippen LogP contribution in [0, 0.1) is 5.26 Å². The first-order valence-electron chi connectivity index (χ1n) is 3.92. The summed E-state index contributed by atoms with van der Waals surface area (Å²) in [5.74, 6) is 1.16. The van der Waals surface area contributed by atoms with E-state index in [9.17, 15) is 4.39 Å². The number of fused-ring (bicyclic) bond motifs is 1. The normalized spacial score (nSPS) is 10.5. The Morgan fingerprint density at radius 2 is 2.07 bits per heavy atom. The Labute approximate surface area is 84.1 Å². The van der Waals surface area contributed by atoms with Crippen LogP contribution in [0.5, 0.6) is 11.5 Å². The van der Waals surface area contributed by atoms with E-state index in [0.29, 0.717) is 17.0 Å². The molecule has 1 aromatic carbocycles. The molecule has 2 aromatic rings. The Balaban J connectivity index is 2.72. The first-order valence-corrected chi connectivity index (χ1v) is 4.74. The third kappa shape index (κ3) is 1.39. The number of rotatable bonds is 2. The van der Waals surface area contributed by atoms with Gasteiger partial charge in [0, 0.05) is 6.07 Å². The zero-order chi connectivity index (χ0) is 10.1. The predicted molar refractivity (Wildman–Crippen MR) is 52.7 cm³/mol. The van der Waals surface area contributed by atoms with E-state index in [1.54, 1.807) is 19.2 Å². The van der Waals surface area contributed by atoms with Crippen molar-refractivity contribution in [2.75, 3.05) is 14.2 Å². The van der Waals surface area contributed by atoms with Crippen molar-refractivity contribution in [2.24, 2.45) is 0 Å². The molecule has 3 nitrogen and oxygen atoms in total. The Morgan fingerprint density at radius 1 is 1.29 bits per heavy atom. The monoisotopic (exact) mass is 213 g/mol. The highest BCUT2D eigenvalue weighted by Gasteiger charge is 2.10. The Kier molecular flexibility index (Phi) is 2.25. The fourth-order valence-electron chi connectivity index (χ4n) is 1.22. The van der Waals surface area contributed by atoms with E-state index in [1.807, 2.05) is 0 Å². The van der Waals surface area contributed by atoms with Crippen LogP contribution in [0.4, 0.5) is 4.39 Å². The molecular weight excluding hydrogens is 205 g/mol. The summed E-state index contributed by atoms with van der Waals surface area (Å²) in [4.78, 5) is 3.73. The van der Waals surface area contributed by atoms with Crippen LogP contribution in [0.15, 0.2) is 12.1 Å². The summed E-state index contributed by atoms with van der Waals surface area (Å²) >= 11 is 0.973. The number of thiazole rings is 1. The summed E-state index contributed by atoms with van der Waals surface area (Å²) in [6, 6.07) is 3.42. The van der Waals surface area contributed by atoms with Gasteiger partial charge < -0.3 is 9.47 Å². The van der Waals surface area contributed by atoms with E-state index in [4.69, 9.17) is 9.47 Å². The molecule has 1 heterocycles. The summed E-state index contributed by atoms with van der Waals surface area (Å²) in [6.45, 7) is 0. The Morgan fingerprint density at radius 3 is 2.71 bits per heavy atom. The molecule has 14 heavy (non-hydrogen) atoms. The number of benzene rings is 1. The maximum Gasteiger partial charge on any atom is 0.270 e. The summed E-state index contributed by atoms with van der Waals surface area (Å²) in [6.07, 6.45) is 0. The fraction of sp³-hybridized carbons (Fsp3) is 0.222. The van der Waals surface area contributed by atoms with Gasteiger partial charge in [0.1, 0.15) is 17.0 Å². The second-order valence-electron chi connectivity index (χ2n) is 2.64. The third-order valence-electron chi connectivity index (χ3n) is 1.86. The van der Waals surface area contributed by atoms with Crippen LogP contribution in [0.25, 0.3) is 10.2 Å². The first kappa shape index (κ1) is 9.21. The Hall–Kier alpha value is -1.36. The predicted octanol–water partition coefficient (Wildman–Crippen LogP) is 2.45. The molecule has 5 heteroatoms. The summed E-state index contributed by atoms with van der Waals surface area (Å²) < 4.78 is 23.7. The lowest BCUT2D eigenvalue weighted by molar-refractivity contribution is 0.397. The molecule has 0 amide bonds. The van der Waals surface area contributed by atoms with Crippen molar-refractivity contribution in [3.05, 3.63) is 17.4 Å². The number of nitrogens with zero attached hydrogens (tertiary/aromatic N) is 1. The van der Waals surface area contributed by atoms with Gasteiger partial charge in [0.15, 0.2) is 0 Å². The molecule has 0 radical (unpaired) electrons. The van der Waals surface area contributed by atoms with Gasteiger partial charge >= 0.3 is 0 Å². The first-order chi connectivity index (χ1) is 6.74. The lowest BCUT2D eigenvalue weighted by Gasteiger charge is -2.03. The minimum absolute atomic E-state index is 0.466. The molecule has 0 saturated heterocycles. The van der Waals surface area contributed by atoms with Gasteiger partial charge in [-0.3, -0.25) is 0 Å². The number of ether oxygens (including phenoxy) is 2. The van der Waals surface area contributed by atoms with Gasteiger partial charge in [0.2, 0.25) is 0 Å². The van der Waals surface area contributed by atoms with Crippen molar-refractivity contribution >= 4 is 21.6 Å². The molecule has 74 valence electrons. The summed E-state index contributed by atoms with van der Waals surface area (Å²) in [5, 5.41) is -0.466. The number of hydrogen-bond acceptors (Lipinski definition) is 4. The molecular formula is C9H8FNO2S. The van der Waals surface area contributed by atoms with Crippen LogP contribution in [-0.2, 0) is 0 Å². The van der Waals surface area contributed by atoms with Crippen molar-refractivity contribution in [2.45, 2.75) is 0 Å². The SMILES string of the molecule is COc1cc(OC)c2nc(F)sc2c1. The average molecular weight is 213 g/mol. The lowest BCUT2D eigenvalue weighted by atomic mass is 10.3. The summed E-state index contributed by atoms with van der Waals surface area (Å²) in [5.41, 5.74) is 0.538. The van der Waals surface area contributed by atoms with Crippen molar-refractivity contribution < 1.29 is 13.9 Å². The number of hydrogen-bond donors (Lipinski definition) is 0. The largest absolute Gasteiger partial charge is 0.497 e. The van der Waals surface area contributed by atoms with Crippen LogP contribution >= 0.6 is 11.3 Å². The van der Waals surface area contributed by atoms with Crippen molar-refractivity contribution in [3.63, 3.8) is 0 Å². The lowest BCUT2D eigenvalue weighted by Crippen LogP contribution is -1.87. The van der Waals surface area contributed by atoms with Gasteiger partial charge in [-0.2, -0.15) is 4.39 Å². The molecule has 0 aliphatic carbocycles. The molecule has 0 aliphatic heterocycles. The molecule has 0 unspecified atom stereocenters. The van der Waals surface area contributed by atoms with Gasteiger partial charge in [-0.15, -0.1) is 0 Å². The maximum absolute atomic E-state index is 12.9. The van der Waals surface area contributed by atoms with Crippen LogP contribution < -0.4 is 9.47 Å². The zero-order valence-electron chi connectivity index (χ0n) is 7.70. The van der Waals surface area contributed by atoms with Crippen LogP contribution in [0.1, 0.15) is 0 Å². The number of aromatic nitrogens is 1. The Bertz CT molecular complexity index is 469. The van der Waals surface area contributed by atoms with Gasteiger partial charge in [-0.05, 0) is 6.07 Å². The van der Waals surface area contributed by atoms with Gasteiger partial charge in [0.25, 0.3) is 5.26 Å². The van der Waals surface area contributed by atoms with E-state index in [2.05, 4.69) is 4.98 Å². The number of halogens is 1. The molecule has 0 N–H and O–H groups in total. The molecule has 0 aliphatic rings. The van der Waals surface area contributed by atoms with E-state index >= 15 is 0 Å². The van der Waals surface area contributed by atoms with Crippen LogP contribution in [0.3, 0.4) is 0 Å². The van der Waals surface area contributed by atoms with Crippen molar-refractivity contribution in [3.8, 4) is 11.5 Å². The highest BCUT2D eigenvalue weighted by atomic mass is 32.1. The van der Waals surface area contributed by atoms with Gasteiger partial charge in [-0.25, -0.2) is 4.98 Å². The third-order valence-corrected chi connectivity index (χ3v) is 2.65. The molecule has 0 saturated carbocycles. The van der Waals surface area contributed by atoms with Gasteiger partial charge in [-0.1, -0.05) is 11.3 Å². The smallest absolute Gasteiger partial charge is 0.270 e. The van der Waals surface area contributed by atoms with E-state index in [-0.39, 0.29) is 0 Å². The molecule has 0 spiro atoms. The maximum atomic E-state index is 12.9. The van der Waals surface area contributed by atoms with Crippen molar-refractivity contribution in [1.82, 2.24) is 4.98 Å². The molecule has 0 atom stereocenters. The standard InChI is InChI=1S/C9H8FNO2S/c1-12-5-3-6(13-2)8-7(4-5)14-9(10)11-8/h3-4H,1-2H3. The second kappa shape index (κ2) is 3.42. The quantitative estimate of drug-likeness (QED) is 0.767. The minimum Gasteiger partial charge on any atom is -0.497 e. The summed E-state index contributed by atoms with van der Waals surface area (Å²) in [7, 11) is 3.07. The molecule has 0 fully saturated rings.